The molecule has 0 aliphatic rings. The third kappa shape index (κ3) is 855. The maximum absolute atomic E-state index is 2.27. The van der Waals surface area contributed by atoms with Crippen LogP contribution in [0.1, 0.15) is 0 Å². The van der Waals surface area contributed by atoms with Gasteiger partial charge in [-0.3, -0.25) is 0 Å². The van der Waals surface area contributed by atoms with Crippen LogP contribution in [0.2, 0.25) is 0 Å². The fourth-order valence-electron chi connectivity index (χ4n) is 0. The predicted molar refractivity (Wildman–Crippen MR) is 104 cm³/mol. The molecule has 0 fully saturated rings. The van der Waals surface area contributed by atoms with Gasteiger partial charge in [-0.1, -0.05) is 0 Å². The van der Waals surface area contributed by atoms with Crippen molar-refractivity contribution in [2.75, 3.05) is 80.0 Å². The van der Waals surface area contributed by atoms with Gasteiger partial charge < -0.3 is 0 Å². The van der Waals surface area contributed by atoms with Crippen LogP contribution in [0.15, 0.2) is 0 Å². The Balaban J connectivity index is -0.0000000369. The Labute approximate surface area is 132 Å². The van der Waals surface area contributed by atoms with Crippen molar-refractivity contribution in [1.29, 1.82) is 0 Å². The summed E-state index contributed by atoms with van der Waals surface area (Å²) in [6.07, 6.45) is 0. The monoisotopic (exact) mass is 503 g/mol. The molecule has 17 heavy (non-hydrogen) atoms. The molecule has 0 spiro atoms. The normalized spacial score (nSPS) is 8.47. The molecule has 0 aromatic carbocycles. The first kappa shape index (κ1) is 31.7. The molecule has 0 amide bonds. The van der Waals surface area contributed by atoms with E-state index in [1.807, 2.05) is 0 Å². The van der Waals surface area contributed by atoms with E-state index in [1.165, 1.54) is 0 Å². The van der Waals surface area contributed by atoms with Crippen molar-refractivity contribution >= 4 is 31.7 Å². The van der Waals surface area contributed by atoms with Crippen LogP contribution in [0.4, 0.5) is 0 Å². The standard InChI is InChI=1S/4C3H9P.Pt/c4*1-4(2)3;/h4*1-3H3;/p+4. The summed E-state index contributed by atoms with van der Waals surface area (Å²) in [5, 5.41) is 0. The second-order valence-corrected chi connectivity index (χ2v) is 18.0. The van der Waals surface area contributed by atoms with Crippen LogP contribution in [-0.4, -0.2) is 80.0 Å². The summed E-state index contributed by atoms with van der Waals surface area (Å²) in [4.78, 5) is 0. The van der Waals surface area contributed by atoms with Crippen molar-refractivity contribution in [3.8, 4) is 0 Å². The van der Waals surface area contributed by atoms with Gasteiger partial charge in [-0.05, 0) is 31.7 Å². The molecule has 0 aliphatic heterocycles. The van der Waals surface area contributed by atoms with Crippen LogP contribution in [0.3, 0.4) is 0 Å². The molecule has 0 radical (unpaired) electrons. The van der Waals surface area contributed by atoms with Crippen molar-refractivity contribution < 1.29 is 21.1 Å². The van der Waals surface area contributed by atoms with Crippen LogP contribution >= 0.6 is 31.7 Å². The van der Waals surface area contributed by atoms with Crippen molar-refractivity contribution in [1.82, 2.24) is 0 Å². The first-order chi connectivity index (χ1) is 6.93. The molecule has 5 heteroatoms. The minimum Gasteiger partial charge on any atom is -0.00840 e. The van der Waals surface area contributed by atoms with Gasteiger partial charge in [0.25, 0.3) is 0 Å². The quantitative estimate of drug-likeness (QED) is 0.431. The van der Waals surface area contributed by atoms with E-state index in [9.17, 15) is 0 Å². The molecule has 0 unspecified atom stereocenters. The van der Waals surface area contributed by atoms with Gasteiger partial charge in [-0.25, -0.2) is 0 Å². The van der Waals surface area contributed by atoms with Crippen LogP contribution in [0.5, 0.6) is 0 Å². The summed E-state index contributed by atoms with van der Waals surface area (Å²) in [5.74, 6) is 0. The SMILES string of the molecule is C[PH+](C)C.C[PH+](C)C.C[PH+](C)C.C[PH+](C)C.[Pt]. The third-order valence-electron chi connectivity index (χ3n) is 0. The molecular formula is C12H40P4Pt+4. The van der Waals surface area contributed by atoms with Crippen LogP contribution in [-0.2, 0) is 21.1 Å². The number of rotatable bonds is 0. The Hall–Kier alpha value is 2.41. The van der Waals surface area contributed by atoms with E-state index in [-0.39, 0.29) is 52.8 Å². The van der Waals surface area contributed by atoms with Gasteiger partial charge in [0, 0.05) is 101 Å². The van der Waals surface area contributed by atoms with E-state index in [2.05, 4.69) is 80.0 Å². The molecule has 0 saturated carbocycles. The first-order valence-corrected chi connectivity index (χ1v) is 18.0. The van der Waals surface area contributed by atoms with Gasteiger partial charge in [0.05, 0.1) is 0 Å². The third-order valence-corrected chi connectivity index (χ3v) is 0. The second kappa shape index (κ2) is 26.9. The Bertz CT molecular complexity index is 61.5. The molecule has 0 bridgehead atoms. The fourth-order valence-corrected chi connectivity index (χ4v) is 0. The average molecular weight is 503 g/mol. The molecule has 0 rings (SSSR count). The van der Waals surface area contributed by atoms with Crippen LogP contribution < -0.4 is 0 Å². The molecule has 0 nitrogen and oxygen atoms in total. The largest absolute Gasteiger partial charge is 0.0461 e. The van der Waals surface area contributed by atoms with E-state index in [1.54, 1.807) is 0 Å². The maximum atomic E-state index is 2.27. The van der Waals surface area contributed by atoms with E-state index in [0.29, 0.717) is 0 Å². The van der Waals surface area contributed by atoms with Gasteiger partial charge in [0.1, 0.15) is 0 Å². The molecule has 0 heterocycles. The summed E-state index contributed by atoms with van der Waals surface area (Å²) in [5.41, 5.74) is 0. The number of hydrogen-bond donors (Lipinski definition) is 0. The van der Waals surface area contributed by atoms with Gasteiger partial charge in [-0.2, -0.15) is 0 Å². The average Bonchev–Trinajstić information content (AvgIpc) is 1.76. The molecule has 0 aromatic rings. The van der Waals surface area contributed by atoms with Crippen molar-refractivity contribution in [2.45, 2.75) is 0 Å². The second-order valence-electron chi connectivity index (χ2n) is 6.00. The van der Waals surface area contributed by atoms with Crippen LogP contribution in [0, 0.1) is 0 Å². The summed E-state index contributed by atoms with van der Waals surface area (Å²) in [6, 6.07) is 0. The zero-order valence-corrected chi connectivity index (χ0v) is 20.6. The summed E-state index contributed by atoms with van der Waals surface area (Å²) in [7, 11) is 0.481. The van der Waals surface area contributed by atoms with E-state index >= 15 is 0 Å². The molecule has 0 aromatic heterocycles. The molecule has 0 saturated heterocycles. The van der Waals surface area contributed by atoms with Gasteiger partial charge in [0.15, 0.2) is 0 Å². The predicted octanol–water partition coefficient (Wildman–Crippen LogP) is 4.36. The molecule has 114 valence electrons. The van der Waals surface area contributed by atoms with Gasteiger partial charge in [0.2, 0.25) is 0 Å². The first-order valence-electron chi connectivity index (χ1n) is 6.00. The summed E-state index contributed by atoms with van der Waals surface area (Å²) >= 11 is 0. The molecule has 0 aliphatic carbocycles. The molecule has 0 atom stereocenters. The minimum atomic E-state index is 0. The Morgan fingerprint density at radius 3 is 0.294 bits per heavy atom. The summed E-state index contributed by atoms with van der Waals surface area (Å²) < 4.78 is 0. The fraction of sp³-hybridized carbons (Fsp3) is 1.00. The van der Waals surface area contributed by atoms with Crippen LogP contribution in [0.25, 0.3) is 0 Å². The Kier molecular flexibility index (Phi) is 50.1. The van der Waals surface area contributed by atoms with E-state index in [4.69, 9.17) is 0 Å². The number of hydrogen-bond acceptors (Lipinski definition) is 0. The van der Waals surface area contributed by atoms with Gasteiger partial charge in [-0.15, -0.1) is 0 Å². The molecule has 0 N–H and O–H groups in total. The smallest absolute Gasteiger partial charge is 0.00840 e. The zero-order valence-electron chi connectivity index (χ0n) is 14.3. The van der Waals surface area contributed by atoms with Gasteiger partial charge >= 0.3 is 0 Å². The Morgan fingerprint density at radius 2 is 0.294 bits per heavy atom. The Morgan fingerprint density at radius 1 is 0.294 bits per heavy atom. The topological polar surface area (TPSA) is 0 Å². The maximum Gasteiger partial charge on any atom is 0.0461 e. The molecular weight excluding hydrogens is 463 g/mol. The van der Waals surface area contributed by atoms with E-state index in [0.717, 1.165) is 0 Å². The van der Waals surface area contributed by atoms with E-state index < -0.39 is 0 Å². The van der Waals surface area contributed by atoms with Crippen molar-refractivity contribution in [3.63, 3.8) is 0 Å². The zero-order chi connectivity index (χ0) is 14.3. The summed E-state index contributed by atoms with van der Waals surface area (Å²) in [6.45, 7) is 27.2. The van der Waals surface area contributed by atoms with Crippen molar-refractivity contribution in [2.24, 2.45) is 0 Å². The minimum absolute atomic E-state index is 0. The van der Waals surface area contributed by atoms with Crippen molar-refractivity contribution in [3.05, 3.63) is 0 Å².